The summed E-state index contributed by atoms with van der Waals surface area (Å²) in [7, 11) is -2.81. The lowest BCUT2D eigenvalue weighted by atomic mass is 10.2. The van der Waals surface area contributed by atoms with E-state index in [-0.39, 0.29) is 6.04 Å². The zero-order chi connectivity index (χ0) is 15.9. The van der Waals surface area contributed by atoms with E-state index in [1.165, 1.54) is 0 Å². The van der Waals surface area contributed by atoms with Crippen LogP contribution in [0.4, 0.5) is 5.82 Å². The van der Waals surface area contributed by atoms with Gasteiger partial charge < -0.3 is 4.90 Å². The monoisotopic (exact) mass is 332 g/mol. The second-order valence-electron chi connectivity index (χ2n) is 6.30. The molecule has 122 valence electrons. The lowest BCUT2D eigenvalue weighted by Crippen LogP contribution is -2.51. The second-order valence-corrected chi connectivity index (χ2v) is 8.53. The Hall–Kier alpha value is -1.73. The number of aromatic nitrogens is 2. The number of piperazine rings is 1. The predicted octanol–water partition coefficient (Wildman–Crippen LogP) is 0.939. The highest BCUT2D eigenvalue weighted by Crippen LogP contribution is 2.21. The smallest absolute Gasteiger partial charge is 0.151 e. The van der Waals surface area contributed by atoms with E-state index < -0.39 is 9.84 Å². The molecule has 2 aromatic rings. The Morgan fingerprint density at radius 1 is 1.04 bits per heavy atom. The molecule has 1 atom stereocenters. The first-order chi connectivity index (χ1) is 11.1. The fourth-order valence-electron chi connectivity index (χ4n) is 3.48. The van der Waals surface area contributed by atoms with E-state index in [1.807, 2.05) is 30.5 Å². The summed E-state index contributed by atoms with van der Waals surface area (Å²) in [5.41, 5.74) is 1.82. The van der Waals surface area contributed by atoms with Gasteiger partial charge >= 0.3 is 0 Å². The summed E-state index contributed by atoms with van der Waals surface area (Å²) in [4.78, 5) is 13.7. The average Bonchev–Trinajstić information content (AvgIpc) is 2.94. The number of para-hydroxylation sites is 2. The van der Waals surface area contributed by atoms with Crippen LogP contribution in [0, 0.1) is 0 Å². The van der Waals surface area contributed by atoms with Crippen molar-refractivity contribution >= 4 is 26.7 Å². The first-order valence-electron chi connectivity index (χ1n) is 8.02. The van der Waals surface area contributed by atoms with Gasteiger partial charge in [0.05, 0.1) is 28.7 Å². The molecule has 7 heteroatoms. The summed E-state index contributed by atoms with van der Waals surface area (Å²) >= 11 is 0. The molecule has 0 radical (unpaired) electrons. The molecule has 1 unspecified atom stereocenters. The van der Waals surface area contributed by atoms with Crippen LogP contribution in [-0.4, -0.2) is 67.0 Å². The Labute approximate surface area is 136 Å². The Morgan fingerprint density at radius 3 is 2.48 bits per heavy atom. The first kappa shape index (κ1) is 14.8. The molecule has 4 rings (SSSR count). The van der Waals surface area contributed by atoms with Crippen LogP contribution < -0.4 is 4.90 Å². The van der Waals surface area contributed by atoms with Crippen molar-refractivity contribution in [3.05, 3.63) is 30.5 Å². The molecule has 0 amide bonds. The zero-order valence-corrected chi connectivity index (χ0v) is 13.7. The van der Waals surface area contributed by atoms with E-state index in [4.69, 9.17) is 4.98 Å². The zero-order valence-electron chi connectivity index (χ0n) is 12.9. The number of nitrogens with zero attached hydrogens (tertiary/aromatic N) is 4. The number of anilines is 1. The fraction of sp³-hybridized carbons (Fsp3) is 0.500. The maximum Gasteiger partial charge on any atom is 0.151 e. The molecule has 6 nitrogen and oxygen atoms in total. The van der Waals surface area contributed by atoms with E-state index in [0.29, 0.717) is 11.5 Å². The van der Waals surface area contributed by atoms with Crippen molar-refractivity contribution in [1.29, 1.82) is 0 Å². The predicted molar refractivity (Wildman–Crippen MR) is 90.4 cm³/mol. The number of hydrogen-bond acceptors (Lipinski definition) is 6. The lowest BCUT2D eigenvalue weighted by molar-refractivity contribution is 0.200. The van der Waals surface area contributed by atoms with Crippen LogP contribution in [0.5, 0.6) is 0 Å². The third-order valence-electron chi connectivity index (χ3n) is 4.80. The van der Waals surface area contributed by atoms with Crippen LogP contribution in [0.2, 0.25) is 0 Å². The van der Waals surface area contributed by atoms with Crippen LogP contribution in [0.15, 0.2) is 30.5 Å². The Bertz CT molecular complexity index is 816. The van der Waals surface area contributed by atoms with E-state index in [2.05, 4.69) is 14.8 Å². The molecule has 3 heterocycles. The molecule has 2 aliphatic rings. The third-order valence-corrected chi connectivity index (χ3v) is 6.55. The van der Waals surface area contributed by atoms with Crippen molar-refractivity contribution in [2.24, 2.45) is 0 Å². The van der Waals surface area contributed by atoms with E-state index in [0.717, 1.165) is 49.5 Å². The van der Waals surface area contributed by atoms with Gasteiger partial charge in [-0.1, -0.05) is 12.1 Å². The average molecular weight is 332 g/mol. The summed E-state index contributed by atoms with van der Waals surface area (Å²) in [6.07, 6.45) is 2.61. The molecular weight excluding hydrogens is 312 g/mol. The maximum absolute atomic E-state index is 11.6. The molecule has 2 saturated heterocycles. The largest absolute Gasteiger partial charge is 0.353 e. The molecule has 2 aliphatic heterocycles. The van der Waals surface area contributed by atoms with Crippen LogP contribution >= 0.6 is 0 Å². The minimum absolute atomic E-state index is 0.199. The van der Waals surface area contributed by atoms with Gasteiger partial charge in [-0.2, -0.15) is 0 Å². The van der Waals surface area contributed by atoms with Crippen molar-refractivity contribution in [3.63, 3.8) is 0 Å². The van der Waals surface area contributed by atoms with E-state index in [9.17, 15) is 8.42 Å². The number of rotatable bonds is 2. The lowest BCUT2D eigenvalue weighted by Gasteiger charge is -2.38. The minimum atomic E-state index is -2.81. The molecular formula is C16H20N4O2S. The summed E-state index contributed by atoms with van der Waals surface area (Å²) in [5, 5.41) is 0. The molecule has 23 heavy (non-hydrogen) atoms. The second kappa shape index (κ2) is 5.72. The van der Waals surface area contributed by atoms with Gasteiger partial charge in [0, 0.05) is 32.2 Å². The van der Waals surface area contributed by atoms with Gasteiger partial charge in [-0.25, -0.2) is 13.4 Å². The molecule has 1 aromatic carbocycles. The normalized spacial score (nSPS) is 25.0. The first-order valence-corrected chi connectivity index (χ1v) is 9.84. The van der Waals surface area contributed by atoms with E-state index in [1.54, 1.807) is 0 Å². The maximum atomic E-state index is 11.6. The molecule has 1 aromatic heterocycles. The summed E-state index contributed by atoms with van der Waals surface area (Å²) < 4.78 is 23.3. The van der Waals surface area contributed by atoms with Crippen molar-refractivity contribution in [3.8, 4) is 0 Å². The van der Waals surface area contributed by atoms with Crippen LogP contribution in [0.3, 0.4) is 0 Å². The Morgan fingerprint density at radius 2 is 1.78 bits per heavy atom. The molecule has 0 aliphatic carbocycles. The molecule has 0 spiro atoms. The van der Waals surface area contributed by atoms with E-state index >= 15 is 0 Å². The van der Waals surface area contributed by atoms with Gasteiger partial charge in [-0.05, 0) is 18.6 Å². The quantitative estimate of drug-likeness (QED) is 0.815. The van der Waals surface area contributed by atoms with Gasteiger partial charge in [0.2, 0.25) is 0 Å². The molecule has 0 saturated carbocycles. The minimum Gasteiger partial charge on any atom is -0.353 e. The van der Waals surface area contributed by atoms with Gasteiger partial charge in [0.25, 0.3) is 0 Å². The number of fused-ring (bicyclic) bond motifs is 1. The van der Waals surface area contributed by atoms with Gasteiger partial charge in [0.15, 0.2) is 9.84 Å². The van der Waals surface area contributed by atoms with Gasteiger partial charge in [0.1, 0.15) is 5.82 Å². The summed E-state index contributed by atoms with van der Waals surface area (Å²) in [6.45, 7) is 3.50. The third kappa shape index (κ3) is 3.03. The summed E-state index contributed by atoms with van der Waals surface area (Å²) in [6, 6.07) is 8.07. The summed E-state index contributed by atoms with van der Waals surface area (Å²) in [5.74, 6) is 1.57. The standard InChI is InChI=1S/C16H20N4O2S/c21-23(22)10-5-13(12-23)19-6-8-20(9-7-19)16-11-17-14-3-1-2-4-15(14)18-16/h1-4,11,13H,5-10,12H2. The Balaban J connectivity index is 1.44. The highest BCUT2D eigenvalue weighted by Gasteiger charge is 2.33. The van der Waals surface area contributed by atoms with Crippen molar-refractivity contribution in [2.75, 3.05) is 42.6 Å². The van der Waals surface area contributed by atoms with Crippen LogP contribution in [-0.2, 0) is 9.84 Å². The van der Waals surface area contributed by atoms with Gasteiger partial charge in [-0.3, -0.25) is 9.88 Å². The van der Waals surface area contributed by atoms with Crippen LogP contribution in [0.1, 0.15) is 6.42 Å². The van der Waals surface area contributed by atoms with Crippen molar-refractivity contribution in [1.82, 2.24) is 14.9 Å². The van der Waals surface area contributed by atoms with Crippen molar-refractivity contribution in [2.45, 2.75) is 12.5 Å². The topological polar surface area (TPSA) is 66.4 Å². The number of hydrogen-bond donors (Lipinski definition) is 0. The molecule has 2 fully saturated rings. The molecule has 0 bridgehead atoms. The molecule has 0 N–H and O–H groups in total. The van der Waals surface area contributed by atoms with Crippen LogP contribution in [0.25, 0.3) is 11.0 Å². The number of benzene rings is 1. The highest BCUT2D eigenvalue weighted by molar-refractivity contribution is 7.91. The SMILES string of the molecule is O=S1(=O)CCC(N2CCN(c3cnc4ccccc4n3)CC2)C1. The van der Waals surface area contributed by atoms with Crippen molar-refractivity contribution < 1.29 is 8.42 Å². The number of sulfone groups is 1. The highest BCUT2D eigenvalue weighted by atomic mass is 32.2. The van der Waals surface area contributed by atoms with Gasteiger partial charge in [-0.15, -0.1) is 0 Å². The Kier molecular flexibility index (Phi) is 3.69. The fourth-order valence-corrected chi connectivity index (χ4v) is 5.24.